The molecule has 0 saturated carbocycles. The van der Waals surface area contributed by atoms with Crippen LogP contribution in [0.25, 0.3) is 0 Å². The molecule has 1 aromatic heterocycles. The van der Waals surface area contributed by atoms with Gasteiger partial charge in [0.1, 0.15) is 5.82 Å². The number of nitrogens with one attached hydrogen (secondary N) is 2. The zero-order chi connectivity index (χ0) is 21.0. The van der Waals surface area contributed by atoms with Crippen LogP contribution in [0.1, 0.15) is 63.9 Å². The number of piperidine rings is 1. The van der Waals surface area contributed by atoms with Crippen molar-refractivity contribution < 1.29 is 4.79 Å². The van der Waals surface area contributed by atoms with Gasteiger partial charge in [-0.3, -0.25) is 4.79 Å². The number of pyridine rings is 1. The fourth-order valence-corrected chi connectivity index (χ4v) is 4.12. The van der Waals surface area contributed by atoms with Gasteiger partial charge in [0.25, 0.3) is 0 Å². The second-order valence-corrected chi connectivity index (χ2v) is 8.24. The van der Waals surface area contributed by atoms with E-state index in [1.165, 1.54) is 31.2 Å². The standard InChI is InChI=1S/C23H38N6O.HI/c1-2-24-23(26-12-9-17-29-16-6-3-5-10-22(29)30)27-19-20-11-13-25-21(18-20)28-14-7-4-8-15-28;/h11,13,18H,2-10,12,14-17,19H2,1H3,(H2,24,26,27);1H. The highest BCUT2D eigenvalue weighted by Crippen LogP contribution is 2.18. The Morgan fingerprint density at radius 3 is 2.68 bits per heavy atom. The Labute approximate surface area is 204 Å². The Kier molecular flexibility index (Phi) is 12.0. The minimum atomic E-state index is 0. The van der Waals surface area contributed by atoms with Gasteiger partial charge in [-0.15, -0.1) is 24.0 Å². The predicted molar refractivity (Wildman–Crippen MR) is 138 cm³/mol. The third-order valence-electron chi connectivity index (χ3n) is 5.82. The number of rotatable bonds is 8. The molecule has 3 heterocycles. The van der Waals surface area contributed by atoms with Gasteiger partial charge in [-0.2, -0.15) is 0 Å². The normalized spacial score (nSPS) is 17.7. The molecule has 174 valence electrons. The highest BCUT2D eigenvalue weighted by molar-refractivity contribution is 14.0. The van der Waals surface area contributed by atoms with Gasteiger partial charge in [-0.25, -0.2) is 9.98 Å². The third kappa shape index (κ3) is 8.82. The van der Waals surface area contributed by atoms with Crippen LogP contribution in [0.3, 0.4) is 0 Å². The van der Waals surface area contributed by atoms with Crippen molar-refractivity contribution in [3.63, 3.8) is 0 Å². The van der Waals surface area contributed by atoms with Gasteiger partial charge in [-0.1, -0.05) is 6.42 Å². The predicted octanol–water partition coefficient (Wildman–Crippen LogP) is 3.54. The molecule has 0 radical (unpaired) electrons. The van der Waals surface area contributed by atoms with Gasteiger partial charge >= 0.3 is 0 Å². The molecule has 0 unspecified atom stereocenters. The summed E-state index contributed by atoms with van der Waals surface area (Å²) < 4.78 is 0. The first-order valence-corrected chi connectivity index (χ1v) is 11.8. The number of anilines is 1. The molecule has 1 amide bonds. The summed E-state index contributed by atoms with van der Waals surface area (Å²) in [5, 5.41) is 6.73. The molecule has 3 rings (SSSR count). The summed E-state index contributed by atoms with van der Waals surface area (Å²) in [6.07, 6.45) is 10.7. The van der Waals surface area contributed by atoms with Crippen molar-refractivity contribution >= 4 is 41.7 Å². The molecular weight excluding hydrogens is 503 g/mol. The van der Waals surface area contributed by atoms with Crippen LogP contribution >= 0.6 is 24.0 Å². The summed E-state index contributed by atoms with van der Waals surface area (Å²) in [5.74, 6) is 2.22. The number of aromatic nitrogens is 1. The largest absolute Gasteiger partial charge is 0.357 e. The Hall–Kier alpha value is -1.58. The first kappa shape index (κ1) is 25.7. The van der Waals surface area contributed by atoms with E-state index >= 15 is 0 Å². The summed E-state index contributed by atoms with van der Waals surface area (Å²) in [6, 6.07) is 4.22. The first-order valence-electron chi connectivity index (χ1n) is 11.8. The number of carbonyl (C=O) groups excluding carboxylic acids is 1. The average Bonchev–Trinajstić information content (AvgIpc) is 2.99. The monoisotopic (exact) mass is 542 g/mol. The molecule has 0 bridgehead atoms. The molecule has 0 spiro atoms. The van der Waals surface area contributed by atoms with Crippen LogP contribution in [0.2, 0.25) is 0 Å². The van der Waals surface area contributed by atoms with Crippen LogP contribution in [-0.4, -0.2) is 61.0 Å². The lowest BCUT2D eigenvalue weighted by Gasteiger charge is -2.27. The number of hydrogen-bond donors (Lipinski definition) is 2. The van der Waals surface area contributed by atoms with E-state index in [0.717, 1.165) is 70.3 Å². The van der Waals surface area contributed by atoms with Crippen LogP contribution in [-0.2, 0) is 11.3 Å². The van der Waals surface area contributed by atoms with Crippen LogP contribution in [0, 0.1) is 0 Å². The molecule has 7 nitrogen and oxygen atoms in total. The summed E-state index contributed by atoms with van der Waals surface area (Å²) in [4.78, 5) is 25.8. The number of aliphatic imine (C=N–C) groups is 1. The lowest BCUT2D eigenvalue weighted by Crippen LogP contribution is -2.39. The smallest absolute Gasteiger partial charge is 0.222 e. The van der Waals surface area contributed by atoms with E-state index in [4.69, 9.17) is 4.99 Å². The fraction of sp³-hybridized carbons (Fsp3) is 0.696. The van der Waals surface area contributed by atoms with Gasteiger partial charge < -0.3 is 20.4 Å². The van der Waals surface area contributed by atoms with E-state index in [-0.39, 0.29) is 24.0 Å². The summed E-state index contributed by atoms with van der Waals surface area (Å²) in [5.41, 5.74) is 1.18. The van der Waals surface area contributed by atoms with Gasteiger partial charge in [-0.05, 0) is 63.1 Å². The maximum absolute atomic E-state index is 12.1. The maximum atomic E-state index is 12.1. The van der Waals surface area contributed by atoms with Crippen molar-refractivity contribution in [2.75, 3.05) is 44.2 Å². The van der Waals surface area contributed by atoms with Crippen molar-refractivity contribution in [3.8, 4) is 0 Å². The summed E-state index contributed by atoms with van der Waals surface area (Å²) >= 11 is 0. The molecule has 0 atom stereocenters. The molecule has 0 aliphatic carbocycles. The Morgan fingerprint density at radius 2 is 1.87 bits per heavy atom. The fourth-order valence-electron chi connectivity index (χ4n) is 4.12. The van der Waals surface area contributed by atoms with Gasteiger partial charge in [0.2, 0.25) is 5.91 Å². The maximum Gasteiger partial charge on any atom is 0.222 e. The number of nitrogens with zero attached hydrogens (tertiary/aromatic N) is 4. The average molecular weight is 543 g/mol. The van der Waals surface area contributed by atoms with Crippen LogP contribution in [0.5, 0.6) is 0 Å². The van der Waals surface area contributed by atoms with Crippen molar-refractivity contribution in [1.82, 2.24) is 20.5 Å². The zero-order valence-corrected chi connectivity index (χ0v) is 21.3. The van der Waals surface area contributed by atoms with E-state index in [2.05, 4.69) is 33.5 Å². The van der Waals surface area contributed by atoms with Gasteiger partial charge in [0, 0.05) is 51.9 Å². The number of guanidine groups is 1. The molecule has 2 N–H and O–H groups in total. The number of carbonyl (C=O) groups is 1. The number of hydrogen-bond acceptors (Lipinski definition) is 4. The lowest BCUT2D eigenvalue weighted by atomic mass is 10.1. The number of amides is 1. The second kappa shape index (κ2) is 14.5. The van der Waals surface area contributed by atoms with Crippen LogP contribution in [0.4, 0.5) is 5.82 Å². The van der Waals surface area contributed by atoms with E-state index in [1.54, 1.807) is 0 Å². The zero-order valence-electron chi connectivity index (χ0n) is 18.9. The summed E-state index contributed by atoms with van der Waals surface area (Å²) in [7, 11) is 0. The summed E-state index contributed by atoms with van der Waals surface area (Å²) in [6.45, 7) is 8.28. The van der Waals surface area contributed by atoms with E-state index in [9.17, 15) is 4.79 Å². The van der Waals surface area contributed by atoms with E-state index < -0.39 is 0 Å². The SMILES string of the molecule is CCNC(=NCc1ccnc(N2CCCCC2)c1)NCCCN1CCCCCC1=O.I. The highest BCUT2D eigenvalue weighted by atomic mass is 127. The van der Waals surface area contributed by atoms with E-state index in [0.29, 0.717) is 18.9 Å². The molecule has 1 aromatic rings. The van der Waals surface area contributed by atoms with Crippen molar-refractivity contribution in [2.24, 2.45) is 4.99 Å². The number of halogens is 1. The molecule has 0 aromatic carbocycles. The van der Waals surface area contributed by atoms with Gasteiger partial charge in [0.15, 0.2) is 5.96 Å². The molecule has 2 aliphatic heterocycles. The quantitative estimate of drug-likeness (QED) is 0.228. The van der Waals surface area contributed by atoms with Crippen molar-refractivity contribution in [2.45, 2.75) is 64.8 Å². The van der Waals surface area contributed by atoms with Crippen LogP contribution < -0.4 is 15.5 Å². The Bertz CT molecular complexity index is 692. The van der Waals surface area contributed by atoms with Crippen molar-refractivity contribution in [3.05, 3.63) is 23.9 Å². The molecule has 8 heteroatoms. The minimum Gasteiger partial charge on any atom is -0.357 e. The van der Waals surface area contributed by atoms with Gasteiger partial charge in [0.05, 0.1) is 6.54 Å². The first-order chi connectivity index (χ1) is 14.8. The Morgan fingerprint density at radius 1 is 1.10 bits per heavy atom. The highest BCUT2D eigenvalue weighted by Gasteiger charge is 2.15. The molecule has 31 heavy (non-hydrogen) atoms. The molecular formula is C23H39IN6O. The third-order valence-corrected chi connectivity index (χ3v) is 5.82. The van der Waals surface area contributed by atoms with E-state index in [1.807, 2.05) is 17.2 Å². The topological polar surface area (TPSA) is 72.9 Å². The van der Waals surface area contributed by atoms with Crippen molar-refractivity contribution in [1.29, 1.82) is 0 Å². The second-order valence-electron chi connectivity index (χ2n) is 8.24. The molecule has 2 aliphatic rings. The minimum absolute atomic E-state index is 0. The number of likely N-dealkylation sites (tertiary alicyclic amines) is 1. The lowest BCUT2D eigenvalue weighted by molar-refractivity contribution is -0.130. The molecule has 2 saturated heterocycles. The van der Waals surface area contributed by atoms with Crippen LogP contribution in [0.15, 0.2) is 23.3 Å². The Balaban J connectivity index is 0.00000341. The molecule has 2 fully saturated rings.